The van der Waals surface area contributed by atoms with Gasteiger partial charge in [0, 0.05) is 12.0 Å². The van der Waals surface area contributed by atoms with Gasteiger partial charge in [0.05, 0.1) is 16.3 Å². The summed E-state index contributed by atoms with van der Waals surface area (Å²) in [4.78, 5) is 11.8. The molecular weight excluding hydrogens is 415 g/mol. The first kappa shape index (κ1) is 27.0. The number of carbonyl (C=O) groups excluding carboxylic acids is 1. The number of carbonyl (C=O) groups is 1. The first-order chi connectivity index (χ1) is 14.6. The van der Waals surface area contributed by atoms with Crippen molar-refractivity contribution in [1.82, 2.24) is 5.43 Å². The molecule has 0 fully saturated rings. The summed E-state index contributed by atoms with van der Waals surface area (Å²) < 4.78 is 0. The highest BCUT2D eigenvalue weighted by Crippen LogP contribution is 2.22. The predicted octanol–water partition coefficient (Wildman–Crippen LogP) is 8.71. The van der Waals surface area contributed by atoms with Gasteiger partial charge in [0.1, 0.15) is 0 Å². The van der Waals surface area contributed by atoms with Crippen LogP contribution in [-0.4, -0.2) is 12.1 Å². The standard InChI is InChI=1S/C25H40Cl2N2O/c1-2-3-4-5-6-7-8-9-10-11-12-13-14-15-16-20-25(30)29-28-21-22-23(26)18-17-19-24(22)27/h17-19,21H,2-16,20H2,1H3,(H,29,30)/b28-21-. The van der Waals surface area contributed by atoms with Crippen LogP contribution < -0.4 is 5.43 Å². The topological polar surface area (TPSA) is 41.5 Å². The molecule has 0 atom stereocenters. The third-order valence-electron chi connectivity index (χ3n) is 5.39. The molecule has 30 heavy (non-hydrogen) atoms. The van der Waals surface area contributed by atoms with Gasteiger partial charge in [0.15, 0.2) is 0 Å². The van der Waals surface area contributed by atoms with Crippen molar-refractivity contribution in [3.8, 4) is 0 Å². The summed E-state index contributed by atoms with van der Waals surface area (Å²) in [5, 5.41) is 4.99. The first-order valence-electron chi connectivity index (χ1n) is 11.9. The molecule has 170 valence electrons. The van der Waals surface area contributed by atoms with E-state index >= 15 is 0 Å². The van der Waals surface area contributed by atoms with Crippen LogP contribution in [-0.2, 0) is 4.79 Å². The number of nitrogens with one attached hydrogen (secondary N) is 1. The fraction of sp³-hybridized carbons (Fsp3) is 0.680. The molecule has 3 nitrogen and oxygen atoms in total. The molecule has 0 aromatic heterocycles. The largest absolute Gasteiger partial charge is 0.273 e. The van der Waals surface area contributed by atoms with Crippen molar-refractivity contribution in [3.63, 3.8) is 0 Å². The number of hydrazone groups is 1. The molecule has 1 amide bonds. The lowest BCUT2D eigenvalue weighted by Crippen LogP contribution is -2.16. The average Bonchev–Trinajstić information content (AvgIpc) is 2.73. The number of benzene rings is 1. The Morgan fingerprint density at radius 3 is 1.70 bits per heavy atom. The number of amides is 1. The van der Waals surface area contributed by atoms with Crippen LogP contribution in [0.25, 0.3) is 0 Å². The smallest absolute Gasteiger partial charge is 0.240 e. The van der Waals surface area contributed by atoms with Gasteiger partial charge >= 0.3 is 0 Å². The van der Waals surface area contributed by atoms with Crippen LogP contribution in [0.1, 0.15) is 115 Å². The second-order valence-electron chi connectivity index (χ2n) is 8.13. The maximum atomic E-state index is 11.8. The molecule has 0 heterocycles. The van der Waals surface area contributed by atoms with Crippen molar-refractivity contribution in [3.05, 3.63) is 33.8 Å². The minimum atomic E-state index is -0.0656. The Bertz CT molecular complexity index is 585. The minimum absolute atomic E-state index is 0.0656. The van der Waals surface area contributed by atoms with E-state index in [-0.39, 0.29) is 5.91 Å². The Morgan fingerprint density at radius 1 is 0.800 bits per heavy atom. The number of hydrogen-bond acceptors (Lipinski definition) is 2. The highest BCUT2D eigenvalue weighted by atomic mass is 35.5. The molecule has 1 aromatic carbocycles. The zero-order valence-corrected chi connectivity index (χ0v) is 20.2. The van der Waals surface area contributed by atoms with Crippen molar-refractivity contribution in [2.75, 3.05) is 0 Å². The predicted molar refractivity (Wildman–Crippen MR) is 132 cm³/mol. The van der Waals surface area contributed by atoms with Gasteiger partial charge in [0.2, 0.25) is 5.91 Å². The maximum absolute atomic E-state index is 11.8. The van der Waals surface area contributed by atoms with Crippen LogP contribution in [0.5, 0.6) is 0 Å². The van der Waals surface area contributed by atoms with Crippen LogP contribution in [0.4, 0.5) is 0 Å². The molecule has 0 aliphatic carbocycles. The third-order valence-corrected chi connectivity index (χ3v) is 6.05. The van der Waals surface area contributed by atoms with Gasteiger partial charge in [-0.25, -0.2) is 5.43 Å². The number of rotatable bonds is 18. The quantitative estimate of drug-likeness (QED) is 0.134. The molecule has 1 rings (SSSR count). The molecular formula is C25H40Cl2N2O. The van der Waals surface area contributed by atoms with Crippen LogP contribution in [0, 0.1) is 0 Å². The Balaban J connectivity index is 1.90. The second kappa shape index (κ2) is 18.7. The van der Waals surface area contributed by atoms with Crippen molar-refractivity contribution in [1.29, 1.82) is 0 Å². The van der Waals surface area contributed by atoms with E-state index in [9.17, 15) is 4.79 Å². The summed E-state index contributed by atoms with van der Waals surface area (Å²) in [6.45, 7) is 2.27. The van der Waals surface area contributed by atoms with Crippen molar-refractivity contribution in [2.45, 2.75) is 110 Å². The average molecular weight is 456 g/mol. The highest BCUT2D eigenvalue weighted by molar-refractivity contribution is 6.38. The fourth-order valence-electron chi connectivity index (χ4n) is 3.52. The van der Waals surface area contributed by atoms with Gasteiger partial charge in [0.25, 0.3) is 0 Å². The number of nitrogens with zero attached hydrogens (tertiary/aromatic N) is 1. The van der Waals surface area contributed by atoms with E-state index in [1.54, 1.807) is 18.2 Å². The van der Waals surface area contributed by atoms with Crippen LogP contribution >= 0.6 is 23.2 Å². The SMILES string of the molecule is CCCCCCCCCCCCCCCCCC(=O)N/N=C\c1c(Cl)cccc1Cl. The maximum Gasteiger partial charge on any atom is 0.240 e. The van der Waals surface area contributed by atoms with E-state index in [0.29, 0.717) is 22.0 Å². The second-order valence-corrected chi connectivity index (χ2v) is 8.94. The Labute approximate surface area is 194 Å². The van der Waals surface area contributed by atoms with Gasteiger partial charge < -0.3 is 0 Å². The van der Waals surface area contributed by atoms with Gasteiger partial charge in [-0.2, -0.15) is 5.10 Å². The van der Waals surface area contributed by atoms with Gasteiger partial charge in [-0.3, -0.25) is 4.79 Å². The molecule has 0 saturated carbocycles. The molecule has 0 aliphatic heterocycles. The van der Waals surface area contributed by atoms with E-state index < -0.39 is 0 Å². The lowest BCUT2D eigenvalue weighted by molar-refractivity contribution is -0.121. The van der Waals surface area contributed by atoms with Gasteiger partial charge in [-0.15, -0.1) is 0 Å². The van der Waals surface area contributed by atoms with Crippen molar-refractivity contribution in [2.24, 2.45) is 5.10 Å². The van der Waals surface area contributed by atoms with Crippen LogP contribution in [0.3, 0.4) is 0 Å². The fourth-order valence-corrected chi connectivity index (χ4v) is 4.01. The lowest BCUT2D eigenvalue weighted by atomic mass is 10.0. The zero-order chi connectivity index (χ0) is 21.9. The third kappa shape index (κ3) is 14.0. The summed E-state index contributed by atoms with van der Waals surface area (Å²) >= 11 is 12.1. The molecule has 1 aromatic rings. The molecule has 5 heteroatoms. The summed E-state index contributed by atoms with van der Waals surface area (Å²) in [6.07, 6.45) is 21.8. The first-order valence-corrected chi connectivity index (χ1v) is 12.7. The van der Waals surface area contributed by atoms with E-state index in [2.05, 4.69) is 17.5 Å². The van der Waals surface area contributed by atoms with Gasteiger partial charge in [-0.05, 0) is 18.6 Å². The van der Waals surface area contributed by atoms with E-state index in [0.717, 1.165) is 12.8 Å². The molecule has 0 saturated heterocycles. The minimum Gasteiger partial charge on any atom is -0.273 e. The molecule has 0 radical (unpaired) electrons. The van der Waals surface area contributed by atoms with E-state index in [1.807, 2.05) is 0 Å². The molecule has 0 unspecified atom stereocenters. The molecule has 0 spiro atoms. The number of unbranched alkanes of at least 4 members (excludes halogenated alkanes) is 14. The normalized spacial score (nSPS) is 11.3. The van der Waals surface area contributed by atoms with Crippen LogP contribution in [0.15, 0.2) is 23.3 Å². The summed E-state index contributed by atoms with van der Waals surface area (Å²) in [5.41, 5.74) is 3.17. The Hall–Kier alpha value is -1.06. The summed E-state index contributed by atoms with van der Waals surface area (Å²) in [5.74, 6) is -0.0656. The molecule has 0 aliphatic rings. The van der Waals surface area contributed by atoms with Crippen molar-refractivity contribution < 1.29 is 4.79 Å². The monoisotopic (exact) mass is 454 g/mol. The Kier molecular flexibility index (Phi) is 16.8. The zero-order valence-electron chi connectivity index (χ0n) is 18.7. The number of hydrogen-bond donors (Lipinski definition) is 1. The summed E-state index contributed by atoms with van der Waals surface area (Å²) in [7, 11) is 0. The Morgan fingerprint density at radius 2 is 1.23 bits per heavy atom. The molecule has 1 N–H and O–H groups in total. The van der Waals surface area contributed by atoms with E-state index in [1.165, 1.54) is 89.7 Å². The highest BCUT2D eigenvalue weighted by Gasteiger charge is 2.03. The lowest BCUT2D eigenvalue weighted by Gasteiger charge is -2.04. The summed E-state index contributed by atoms with van der Waals surface area (Å²) in [6, 6.07) is 5.26. The van der Waals surface area contributed by atoms with E-state index in [4.69, 9.17) is 23.2 Å². The number of halogens is 2. The van der Waals surface area contributed by atoms with Crippen LogP contribution in [0.2, 0.25) is 10.0 Å². The van der Waals surface area contributed by atoms with Crippen molar-refractivity contribution >= 4 is 35.3 Å². The van der Waals surface area contributed by atoms with Gasteiger partial charge in [-0.1, -0.05) is 126 Å². The molecule has 0 bridgehead atoms.